The monoisotopic (exact) mass is 440 g/mol. The first-order chi connectivity index (χ1) is 15.0. The van der Waals surface area contributed by atoms with Crippen LogP contribution < -0.4 is 5.32 Å². The molecule has 3 aromatic rings. The average molecular weight is 441 g/mol. The lowest BCUT2D eigenvalue weighted by atomic mass is 9.82. The summed E-state index contributed by atoms with van der Waals surface area (Å²) in [5, 5.41) is 8.65. The van der Waals surface area contributed by atoms with Crippen molar-refractivity contribution in [1.29, 1.82) is 0 Å². The van der Waals surface area contributed by atoms with Crippen molar-refractivity contribution < 1.29 is 19.1 Å². The number of hydrogen-bond acceptors (Lipinski definition) is 7. The zero-order valence-corrected chi connectivity index (χ0v) is 19.9. The third-order valence-electron chi connectivity index (χ3n) is 4.84. The SMILES string of the molecule is CCOC(=O)c1nn2c(NC(C)(C)CC(C)(C)C)nc3ccccc3c2c1C(=O)OCC. The Morgan fingerprint density at radius 2 is 1.62 bits per heavy atom. The number of nitrogens with zero attached hydrogens (tertiary/aromatic N) is 3. The molecule has 172 valence electrons. The van der Waals surface area contributed by atoms with Gasteiger partial charge in [-0.2, -0.15) is 9.61 Å². The number of aromatic nitrogens is 3. The Morgan fingerprint density at radius 3 is 2.25 bits per heavy atom. The van der Waals surface area contributed by atoms with E-state index < -0.39 is 11.9 Å². The molecule has 0 aliphatic carbocycles. The topological polar surface area (TPSA) is 94.8 Å². The van der Waals surface area contributed by atoms with Crippen molar-refractivity contribution in [2.24, 2.45) is 5.41 Å². The molecule has 0 spiro atoms. The minimum atomic E-state index is -0.678. The summed E-state index contributed by atoms with van der Waals surface area (Å²) < 4.78 is 12.0. The number of benzene rings is 1. The summed E-state index contributed by atoms with van der Waals surface area (Å²) in [5.41, 5.74) is 0.880. The van der Waals surface area contributed by atoms with Gasteiger partial charge in [0.15, 0.2) is 5.69 Å². The number of nitrogens with one attached hydrogen (secondary N) is 1. The molecule has 0 saturated heterocycles. The molecular weight excluding hydrogens is 408 g/mol. The lowest BCUT2D eigenvalue weighted by molar-refractivity contribution is 0.0476. The molecule has 2 aromatic heterocycles. The van der Waals surface area contributed by atoms with Crippen molar-refractivity contribution in [3.05, 3.63) is 35.5 Å². The zero-order valence-electron chi connectivity index (χ0n) is 19.9. The molecule has 3 rings (SSSR count). The second kappa shape index (κ2) is 8.76. The highest BCUT2D eigenvalue weighted by Gasteiger charge is 2.32. The van der Waals surface area contributed by atoms with E-state index in [1.807, 2.05) is 24.3 Å². The number of para-hydroxylation sites is 1. The Balaban J connectivity index is 2.32. The highest BCUT2D eigenvalue weighted by atomic mass is 16.5. The van der Waals surface area contributed by atoms with Gasteiger partial charge in [0, 0.05) is 10.9 Å². The Morgan fingerprint density at radius 1 is 1.00 bits per heavy atom. The molecule has 0 unspecified atom stereocenters. The summed E-state index contributed by atoms with van der Waals surface area (Å²) in [6.07, 6.45) is 0.854. The first kappa shape index (κ1) is 23.5. The molecule has 0 bridgehead atoms. The molecule has 0 saturated carbocycles. The predicted octanol–water partition coefficient (Wildman–Crippen LogP) is 4.86. The van der Waals surface area contributed by atoms with Crippen molar-refractivity contribution in [2.45, 2.75) is 60.4 Å². The van der Waals surface area contributed by atoms with Gasteiger partial charge in [0.2, 0.25) is 5.95 Å². The van der Waals surface area contributed by atoms with Gasteiger partial charge in [0.1, 0.15) is 5.56 Å². The maximum Gasteiger partial charge on any atom is 0.359 e. The molecule has 0 radical (unpaired) electrons. The third kappa shape index (κ3) is 4.84. The van der Waals surface area contributed by atoms with Crippen molar-refractivity contribution in [2.75, 3.05) is 18.5 Å². The molecule has 0 fully saturated rings. The van der Waals surface area contributed by atoms with Crippen LogP contribution in [0.3, 0.4) is 0 Å². The number of esters is 2. The van der Waals surface area contributed by atoms with Crippen LogP contribution in [0.15, 0.2) is 24.3 Å². The molecule has 1 aromatic carbocycles. The van der Waals surface area contributed by atoms with Crippen LogP contribution in [0.25, 0.3) is 16.4 Å². The van der Waals surface area contributed by atoms with Gasteiger partial charge in [-0.15, -0.1) is 0 Å². The lowest BCUT2D eigenvalue weighted by Gasteiger charge is -2.33. The summed E-state index contributed by atoms with van der Waals surface area (Å²) in [6, 6.07) is 7.44. The summed E-state index contributed by atoms with van der Waals surface area (Å²) in [7, 11) is 0. The van der Waals surface area contributed by atoms with Crippen LogP contribution in [0.1, 0.15) is 75.7 Å². The molecule has 0 aliphatic heterocycles. The third-order valence-corrected chi connectivity index (χ3v) is 4.84. The Labute approximate surface area is 188 Å². The number of carbonyl (C=O) groups excluding carboxylic acids is 2. The molecule has 8 nitrogen and oxygen atoms in total. The molecule has 0 aliphatic rings. The quantitative estimate of drug-likeness (QED) is 0.524. The van der Waals surface area contributed by atoms with E-state index in [-0.39, 0.29) is 35.4 Å². The van der Waals surface area contributed by atoms with Gasteiger partial charge in [-0.1, -0.05) is 39.0 Å². The molecule has 32 heavy (non-hydrogen) atoms. The highest BCUT2D eigenvalue weighted by Crippen LogP contribution is 2.32. The Hall–Kier alpha value is -3.16. The number of anilines is 1. The largest absolute Gasteiger partial charge is 0.462 e. The van der Waals surface area contributed by atoms with Crippen molar-refractivity contribution in [3.8, 4) is 0 Å². The molecule has 1 N–H and O–H groups in total. The van der Waals surface area contributed by atoms with Crippen LogP contribution in [0, 0.1) is 5.41 Å². The van der Waals surface area contributed by atoms with Crippen LogP contribution >= 0.6 is 0 Å². The maximum atomic E-state index is 13.0. The van der Waals surface area contributed by atoms with Crippen LogP contribution in [-0.4, -0.2) is 45.3 Å². The molecule has 8 heteroatoms. The fourth-order valence-corrected chi connectivity index (χ4v) is 4.25. The van der Waals surface area contributed by atoms with E-state index >= 15 is 0 Å². The fraction of sp³-hybridized carbons (Fsp3) is 0.500. The summed E-state index contributed by atoms with van der Waals surface area (Å²) in [4.78, 5) is 30.4. The molecule has 0 atom stereocenters. The van der Waals surface area contributed by atoms with Crippen molar-refractivity contribution >= 4 is 34.3 Å². The number of fused-ring (bicyclic) bond motifs is 3. The van der Waals surface area contributed by atoms with E-state index in [9.17, 15) is 9.59 Å². The first-order valence-electron chi connectivity index (χ1n) is 10.9. The lowest BCUT2D eigenvalue weighted by Crippen LogP contribution is -2.36. The molecular formula is C24H32N4O4. The first-order valence-corrected chi connectivity index (χ1v) is 10.9. The van der Waals surface area contributed by atoms with Gasteiger partial charge >= 0.3 is 11.9 Å². The number of rotatable bonds is 7. The second-order valence-electron chi connectivity index (χ2n) is 9.62. The van der Waals surface area contributed by atoms with Crippen LogP contribution in [0.2, 0.25) is 0 Å². The molecule has 2 heterocycles. The van der Waals surface area contributed by atoms with E-state index in [0.717, 1.165) is 6.42 Å². The fourth-order valence-electron chi connectivity index (χ4n) is 4.25. The molecule has 0 amide bonds. The van der Waals surface area contributed by atoms with Crippen LogP contribution in [-0.2, 0) is 9.47 Å². The average Bonchev–Trinajstić information content (AvgIpc) is 3.08. The van der Waals surface area contributed by atoms with E-state index in [4.69, 9.17) is 14.5 Å². The van der Waals surface area contributed by atoms with E-state index in [1.165, 1.54) is 4.52 Å². The van der Waals surface area contributed by atoms with Crippen LogP contribution in [0.4, 0.5) is 5.95 Å². The minimum absolute atomic E-state index is 0.0722. The summed E-state index contributed by atoms with van der Waals surface area (Å²) in [5.74, 6) is -0.862. The van der Waals surface area contributed by atoms with Gasteiger partial charge in [-0.3, -0.25) is 0 Å². The number of carbonyl (C=O) groups is 2. The Bertz CT molecular complexity index is 1160. The normalized spacial score (nSPS) is 12.2. The smallest absolute Gasteiger partial charge is 0.359 e. The van der Waals surface area contributed by atoms with Crippen LogP contribution in [0.5, 0.6) is 0 Å². The summed E-state index contributed by atoms with van der Waals surface area (Å²) in [6.45, 7) is 14.4. The number of ether oxygens (including phenoxy) is 2. The van der Waals surface area contributed by atoms with Gasteiger partial charge in [0.05, 0.1) is 24.2 Å². The standard InChI is InChI=1S/C24H32N4O4/c1-8-31-20(29)17-18(21(30)32-9-2)27-28-19(17)15-12-10-11-13-16(15)25-22(28)26-24(6,7)14-23(3,4)5/h10-13H,8-9,14H2,1-7H3,(H,25,26). The second-order valence-corrected chi connectivity index (χ2v) is 9.62. The zero-order chi connectivity index (χ0) is 23.7. The highest BCUT2D eigenvalue weighted by molar-refractivity contribution is 6.13. The van der Waals surface area contributed by atoms with Gasteiger partial charge in [-0.25, -0.2) is 14.6 Å². The van der Waals surface area contributed by atoms with E-state index in [2.05, 4.69) is 45.0 Å². The number of hydrogen-bond donors (Lipinski definition) is 1. The minimum Gasteiger partial charge on any atom is -0.462 e. The maximum absolute atomic E-state index is 13.0. The van der Waals surface area contributed by atoms with Gasteiger partial charge in [0.25, 0.3) is 0 Å². The summed E-state index contributed by atoms with van der Waals surface area (Å²) >= 11 is 0. The Kier molecular flexibility index (Phi) is 6.44. The van der Waals surface area contributed by atoms with E-state index in [1.54, 1.807) is 13.8 Å². The van der Waals surface area contributed by atoms with Gasteiger partial charge in [-0.05, 0) is 45.6 Å². The van der Waals surface area contributed by atoms with Crippen molar-refractivity contribution in [3.63, 3.8) is 0 Å². The predicted molar refractivity (Wildman–Crippen MR) is 124 cm³/mol. The van der Waals surface area contributed by atoms with E-state index in [0.29, 0.717) is 22.4 Å². The van der Waals surface area contributed by atoms with Crippen molar-refractivity contribution in [1.82, 2.24) is 14.6 Å². The van der Waals surface area contributed by atoms with Gasteiger partial charge < -0.3 is 14.8 Å².